The highest BCUT2D eigenvalue weighted by molar-refractivity contribution is 6.32. The van der Waals surface area contributed by atoms with Gasteiger partial charge in [0.15, 0.2) is 5.82 Å². The lowest BCUT2D eigenvalue weighted by Crippen LogP contribution is -2.31. The van der Waals surface area contributed by atoms with E-state index in [-0.39, 0.29) is 0 Å². The van der Waals surface area contributed by atoms with Crippen LogP contribution in [0, 0.1) is 0 Å². The Labute approximate surface area is 175 Å². The van der Waals surface area contributed by atoms with E-state index in [0.29, 0.717) is 34.8 Å². The van der Waals surface area contributed by atoms with Gasteiger partial charge in [-0.25, -0.2) is 15.0 Å². The summed E-state index contributed by atoms with van der Waals surface area (Å²) in [6.07, 6.45) is -1.84. The van der Waals surface area contributed by atoms with Gasteiger partial charge in [-0.3, -0.25) is 4.90 Å². The fraction of sp³-hybridized carbons (Fsp3) is 0.250. The normalized spacial score (nSPS) is 14.7. The zero-order valence-electron chi connectivity index (χ0n) is 15.0. The third-order valence-corrected chi connectivity index (χ3v) is 5.32. The van der Waals surface area contributed by atoms with Crippen molar-refractivity contribution in [2.45, 2.75) is 25.7 Å². The van der Waals surface area contributed by atoms with Crippen molar-refractivity contribution in [2.24, 2.45) is 0 Å². The number of hydrogen-bond acceptors (Lipinski definition) is 4. The maximum Gasteiger partial charge on any atom is 0.416 e. The first-order valence-electron chi connectivity index (χ1n) is 8.85. The van der Waals surface area contributed by atoms with Crippen LogP contribution in [0.15, 0.2) is 42.6 Å². The average Bonchev–Trinajstić information content (AvgIpc) is 2.69. The Morgan fingerprint density at radius 3 is 2.45 bits per heavy atom. The number of rotatable bonds is 3. The van der Waals surface area contributed by atoms with Gasteiger partial charge in [-0.05, 0) is 30.2 Å². The van der Waals surface area contributed by atoms with Crippen molar-refractivity contribution in [3.63, 3.8) is 0 Å². The maximum absolute atomic E-state index is 12.8. The molecule has 0 saturated carbocycles. The van der Waals surface area contributed by atoms with Crippen LogP contribution < -0.4 is 0 Å². The largest absolute Gasteiger partial charge is 0.416 e. The molecule has 0 atom stereocenters. The van der Waals surface area contributed by atoms with Gasteiger partial charge in [-0.2, -0.15) is 13.2 Å². The van der Waals surface area contributed by atoms with Crippen LogP contribution in [0.4, 0.5) is 13.2 Å². The molecule has 150 valence electrons. The molecule has 4 nitrogen and oxygen atoms in total. The molecule has 0 amide bonds. The number of hydrogen-bond donors (Lipinski definition) is 0. The molecule has 0 unspecified atom stereocenters. The third-order valence-electron chi connectivity index (χ3n) is 4.78. The van der Waals surface area contributed by atoms with Crippen molar-refractivity contribution in [1.29, 1.82) is 0 Å². The second-order valence-corrected chi connectivity index (χ2v) is 7.53. The quantitative estimate of drug-likeness (QED) is 0.511. The fourth-order valence-electron chi connectivity index (χ4n) is 3.24. The van der Waals surface area contributed by atoms with Gasteiger partial charge in [0.05, 0.1) is 11.3 Å². The summed E-state index contributed by atoms with van der Waals surface area (Å²) in [5.41, 5.74) is 2.62. The molecular weight excluding hydrogens is 424 g/mol. The van der Waals surface area contributed by atoms with E-state index in [1.54, 1.807) is 12.3 Å². The van der Waals surface area contributed by atoms with Gasteiger partial charge in [0.25, 0.3) is 0 Å². The van der Waals surface area contributed by atoms with E-state index in [4.69, 9.17) is 23.2 Å². The smallest absolute Gasteiger partial charge is 0.293 e. The number of aromatic nitrogens is 3. The first kappa shape index (κ1) is 20.1. The van der Waals surface area contributed by atoms with Crippen LogP contribution in [0.2, 0.25) is 10.3 Å². The molecule has 1 aliphatic heterocycles. The summed E-state index contributed by atoms with van der Waals surface area (Å²) in [5.74, 6) is 0.408. The molecule has 0 N–H and O–H groups in total. The van der Waals surface area contributed by atoms with E-state index in [2.05, 4.69) is 19.9 Å². The van der Waals surface area contributed by atoms with Gasteiger partial charge in [-0.1, -0.05) is 41.4 Å². The lowest BCUT2D eigenvalue weighted by Gasteiger charge is -2.28. The molecule has 0 radical (unpaired) electrons. The average molecular weight is 439 g/mol. The van der Waals surface area contributed by atoms with Crippen molar-refractivity contribution < 1.29 is 13.2 Å². The van der Waals surface area contributed by atoms with Crippen LogP contribution in [0.25, 0.3) is 11.4 Å². The highest BCUT2D eigenvalue weighted by atomic mass is 35.5. The number of halogens is 5. The van der Waals surface area contributed by atoms with Gasteiger partial charge >= 0.3 is 6.18 Å². The number of pyridine rings is 1. The molecule has 0 aliphatic carbocycles. The minimum absolute atomic E-state index is 0.344. The highest BCUT2D eigenvalue weighted by Crippen LogP contribution is 2.31. The molecule has 3 aromatic rings. The van der Waals surface area contributed by atoms with Crippen LogP contribution in [0.5, 0.6) is 0 Å². The summed E-state index contributed by atoms with van der Waals surface area (Å²) in [7, 11) is 0. The molecule has 29 heavy (non-hydrogen) atoms. The summed E-state index contributed by atoms with van der Waals surface area (Å²) in [6.45, 7) is 2.00. The molecule has 1 aromatic carbocycles. The summed E-state index contributed by atoms with van der Waals surface area (Å²) < 4.78 is 38.3. The summed E-state index contributed by atoms with van der Waals surface area (Å²) in [5, 5.41) is 0.716. The lowest BCUT2D eigenvalue weighted by atomic mass is 10.1. The Balaban J connectivity index is 1.54. The number of fused-ring (bicyclic) bond motifs is 1. The Morgan fingerprint density at radius 1 is 1.00 bits per heavy atom. The minimum atomic E-state index is -4.37. The van der Waals surface area contributed by atoms with Crippen LogP contribution >= 0.6 is 23.2 Å². The Kier molecular flexibility index (Phi) is 5.46. The topological polar surface area (TPSA) is 41.9 Å². The summed E-state index contributed by atoms with van der Waals surface area (Å²) in [4.78, 5) is 15.2. The van der Waals surface area contributed by atoms with E-state index in [9.17, 15) is 13.2 Å². The first-order chi connectivity index (χ1) is 13.8. The molecular formula is C20H15Cl2F3N4. The molecule has 2 aromatic heterocycles. The van der Waals surface area contributed by atoms with Crippen molar-refractivity contribution >= 4 is 23.2 Å². The third kappa shape index (κ3) is 4.52. The predicted octanol–water partition coefficient (Wildman–Crippen LogP) is 5.42. The van der Waals surface area contributed by atoms with Crippen LogP contribution in [0.3, 0.4) is 0 Å². The van der Waals surface area contributed by atoms with E-state index < -0.39 is 11.7 Å². The first-order valence-corrected chi connectivity index (χ1v) is 9.61. The molecule has 3 heterocycles. The molecule has 9 heteroatoms. The van der Waals surface area contributed by atoms with Gasteiger partial charge in [-0.15, -0.1) is 0 Å². The molecule has 4 rings (SSSR count). The van der Waals surface area contributed by atoms with Crippen molar-refractivity contribution in [2.75, 3.05) is 6.54 Å². The fourth-order valence-corrected chi connectivity index (χ4v) is 3.64. The van der Waals surface area contributed by atoms with Crippen molar-refractivity contribution in [3.05, 3.63) is 75.3 Å². The minimum Gasteiger partial charge on any atom is -0.293 e. The predicted molar refractivity (Wildman–Crippen MR) is 105 cm³/mol. The van der Waals surface area contributed by atoms with E-state index in [0.717, 1.165) is 41.9 Å². The highest BCUT2D eigenvalue weighted by Gasteiger charge is 2.30. The van der Waals surface area contributed by atoms with Crippen molar-refractivity contribution in [1.82, 2.24) is 19.9 Å². The molecule has 0 fully saturated rings. The molecule has 0 spiro atoms. The maximum atomic E-state index is 12.8. The van der Waals surface area contributed by atoms with Gasteiger partial charge in [0.2, 0.25) is 0 Å². The number of nitrogens with zero attached hydrogens (tertiary/aromatic N) is 4. The number of benzene rings is 1. The zero-order chi connectivity index (χ0) is 20.6. The van der Waals surface area contributed by atoms with Gasteiger partial charge in [0, 0.05) is 37.0 Å². The number of alkyl halides is 3. The standard InChI is InChI=1S/C20H15Cl2F3N4/c21-17-6-3-14(18(22)28-17)10-29-8-7-13-9-26-19(27-16(13)11-29)12-1-4-15(5-2-12)20(23,24)25/h1-6,9H,7-8,10-11H2. The zero-order valence-corrected chi connectivity index (χ0v) is 16.6. The Hall–Kier alpha value is -2.22. The second kappa shape index (κ2) is 7.89. The van der Waals surface area contributed by atoms with E-state index in [1.165, 1.54) is 12.1 Å². The molecule has 1 aliphatic rings. The van der Waals surface area contributed by atoms with Crippen LogP contribution in [0.1, 0.15) is 22.4 Å². The summed E-state index contributed by atoms with van der Waals surface area (Å²) in [6, 6.07) is 8.42. The summed E-state index contributed by atoms with van der Waals surface area (Å²) >= 11 is 12.0. The second-order valence-electron chi connectivity index (χ2n) is 6.79. The van der Waals surface area contributed by atoms with Crippen LogP contribution in [-0.4, -0.2) is 26.4 Å². The Morgan fingerprint density at radius 2 is 1.76 bits per heavy atom. The Bertz CT molecular complexity index is 1040. The van der Waals surface area contributed by atoms with E-state index in [1.807, 2.05) is 6.07 Å². The van der Waals surface area contributed by atoms with Gasteiger partial charge < -0.3 is 0 Å². The molecule has 0 bridgehead atoms. The monoisotopic (exact) mass is 438 g/mol. The van der Waals surface area contributed by atoms with Crippen LogP contribution in [-0.2, 0) is 25.7 Å². The molecule has 0 saturated heterocycles. The van der Waals surface area contributed by atoms with E-state index >= 15 is 0 Å². The lowest BCUT2D eigenvalue weighted by molar-refractivity contribution is -0.137. The van der Waals surface area contributed by atoms with Crippen molar-refractivity contribution in [3.8, 4) is 11.4 Å². The SMILES string of the molecule is FC(F)(F)c1ccc(-c2ncc3c(n2)CN(Cc2ccc(Cl)nc2Cl)CC3)cc1. The van der Waals surface area contributed by atoms with Gasteiger partial charge in [0.1, 0.15) is 10.3 Å².